The van der Waals surface area contributed by atoms with E-state index < -0.39 is 103 Å². The van der Waals surface area contributed by atoms with Crippen LogP contribution in [0.15, 0.2) is 11.1 Å². The second kappa shape index (κ2) is 6.92. The Balaban J connectivity index is 1.96. The second-order valence-electron chi connectivity index (χ2n) is 6.88. The molecule has 2 aliphatic rings. The van der Waals surface area contributed by atoms with Gasteiger partial charge in [0, 0.05) is 17.2 Å². The van der Waals surface area contributed by atoms with Gasteiger partial charge in [0.2, 0.25) is 6.19 Å². The minimum atomic E-state index is -2.22. The summed E-state index contributed by atoms with van der Waals surface area (Å²) in [5.74, 6) is -16.5. The molecule has 0 unspecified atom stereocenters. The van der Waals surface area contributed by atoms with Crippen LogP contribution in [0, 0.1) is 69.3 Å². The molecular formula is C21HF8N5. The van der Waals surface area contributed by atoms with Crippen LogP contribution in [0.5, 0.6) is 0 Å². The number of aliphatic imine (C=N–C) groups is 1. The highest BCUT2D eigenvalue weighted by atomic mass is 19.2. The first kappa shape index (κ1) is 21.2. The van der Waals surface area contributed by atoms with E-state index in [-0.39, 0.29) is 0 Å². The average Bonchev–Trinajstić information content (AvgIpc) is 3.30. The number of nitrogens with zero attached hydrogens (tertiary/aromatic N) is 5. The molecule has 0 amide bonds. The first-order valence-corrected chi connectivity index (χ1v) is 8.88. The summed E-state index contributed by atoms with van der Waals surface area (Å²) in [4.78, 5) is 11.0. The summed E-state index contributed by atoms with van der Waals surface area (Å²) >= 11 is 0. The van der Waals surface area contributed by atoms with Crippen molar-refractivity contribution in [2.24, 2.45) is 4.99 Å². The van der Waals surface area contributed by atoms with Crippen molar-refractivity contribution < 1.29 is 35.1 Å². The van der Waals surface area contributed by atoms with Gasteiger partial charge in [0.15, 0.2) is 46.5 Å². The van der Waals surface area contributed by atoms with Crippen molar-refractivity contribution in [3.8, 4) is 34.8 Å². The van der Waals surface area contributed by atoms with E-state index in [1.165, 1.54) is 12.3 Å². The monoisotopic (exact) mass is 475 g/mol. The molecule has 166 valence electrons. The molecule has 0 saturated carbocycles. The van der Waals surface area contributed by atoms with Crippen LogP contribution >= 0.6 is 0 Å². The lowest BCUT2D eigenvalue weighted by Crippen LogP contribution is -2.08. The van der Waals surface area contributed by atoms with Crippen LogP contribution < -0.4 is 0 Å². The lowest BCUT2D eigenvalue weighted by molar-refractivity contribution is 0.410. The number of allylic oxidation sites excluding steroid dienone is 1. The molecule has 0 fully saturated rings. The SMILES string of the molecule is N#C/C=C1/c2nc3c(nc2-c2c(F)c(F)c(F)c(F)c21)/C(=N/C#N)c1c(F)c(F)c(F)c(F)c1-3. The van der Waals surface area contributed by atoms with Crippen molar-refractivity contribution in [1.82, 2.24) is 9.97 Å². The molecule has 0 bridgehead atoms. The Morgan fingerprint density at radius 2 is 1.00 bits per heavy atom. The van der Waals surface area contributed by atoms with Gasteiger partial charge in [-0.1, -0.05) is 0 Å². The van der Waals surface area contributed by atoms with E-state index >= 15 is 0 Å². The standard InChI is InChI=1S/C21HF8N5/c22-9-5-4(1-2-30)17-19(6(5)10(23)14(27)13(9)26)34-21-18(32-3-31)7-8(20(21)33-17)12(25)16(29)15(28)11(7)24/h1H/b4-1+,32-18+. The summed E-state index contributed by atoms with van der Waals surface area (Å²) in [6.45, 7) is 0. The van der Waals surface area contributed by atoms with E-state index in [4.69, 9.17) is 10.5 Å². The Bertz CT molecular complexity index is 1540. The fourth-order valence-corrected chi connectivity index (χ4v) is 3.92. The Kier molecular flexibility index (Phi) is 4.32. The molecule has 13 heteroatoms. The summed E-state index contributed by atoms with van der Waals surface area (Å²) in [5, 5.41) is 18.0. The molecule has 0 spiro atoms. The number of hydrogen-bond donors (Lipinski definition) is 0. The number of benzene rings is 2. The average molecular weight is 475 g/mol. The number of aromatic nitrogens is 2. The van der Waals surface area contributed by atoms with E-state index in [1.54, 1.807) is 0 Å². The fraction of sp³-hybridized carbons (Fsp3) is 0. The molecule has 0 atom stereocenters. The minimum Gasteiger partial charge on any atom is -0.243 e. The lowest BCUT2D eigenvalue weighted by atomic mass is 10.0. The minimum absolute atomic E-state index is 0.589. The molecule has 1 aromatic heterocycles. The first-order chi connectivity index (χ1) is 16.1. The zero-order valence-corrected chi connectivity index (χ0v) is 15.8. The third-order valence-corrected chi connectivity index (χ3v) is 5.26. The van der Waals surface area contributed by atoms with Gasteiger partial charge in [-0.05, 0) is 0 Å². The quantitative estimate of drug-likeness (QED) is 0.106. The van der Waals surface area contributed by atoms with Gasteiger partial charge in [0.25, 0.3) is 0 Å². The van der Waals surface area contributed by atoms with Crippen LogP contribution in [-0.2, 0) is 0 Å². The van der Waals surface area contributed by atoms with Crippen LogP contribution in [0.2, 0.25) is 0 Å². The van der Waals surface area contributed by atoms with E-state index in [0.29, 0.717) is 6.08 Å². The van der Waals surface area contributed by atoms with Crippen molar-refractivity contribution in [2.75, 3.05) is 0 Å². The van der Waals surface area contributed by atoms with Gasteiger partial charge in [-0.2, -0.15) is 15.5 Å². The van der Waals surface area contributed by atoms with Crippen LogP contribution in [0.3, 0.4) is 0 Å². The highest BCUT2D eigenvalue weighted by molar-refractivity contribution is 6.24. The Morgan fingerprint density at radius 1 is 0.559 bits per heavy atom. The van der Waals surface area contributed by atoms with E-state index in [2.05, 4.69) is 15.0 Å². The number of halogens is 8. The molecule has 2 aliphatic carbocycles. The smallest absolute Gasteiger partial charge is 0.206 e. The third-order valence-electron chi connectivity index (χ3n) is 5.26. The molecule has 1 heterocycles. The molecule has 0 radical (unpaired) electrons. The predicted molar refractivity (Wildman–Crippen MR) is 96.5 cm³/mol. The van der Waals surface area contributed by atoms with Crippen molar-refractivity contribution in [3.05, 3.63) is 75.1 Å². The Labute approximate surface area is 182 Å². The zero-order valence-electron chi connectivity index (χ0n) is 15.8. The van der Waals surface area contributed by atoms with E-state index in [1.807, 2.05) is 0 Å². The van der Waals surface area contributed by atoms with Crippen molar-refractivity contribution in [3.63, 3.8) is 0 Å². The normalized spacial score (nSPS) is 15.1. The molecule has 3 aromatic rings. The molecule has 34 heavy (non-hydrogen) atoms. The summed E-state index contributed by atoms with van der Waals surface area (Å²) in [6.07, 6.45) is 1.83. The number of hydrogen-bond acceptors (Lipinski definition) is 5. The summed E-state index contributed by atoms with van der Waals surface area (Å²) in [5.41, 5.74) is -7.97. The maximum absolute atomic E-state index is 14.7. The van der Waals surface area contributed by atoms with Gasteiger partial charge < -0.3 is 0 Å². The third kappa shape index (κ3) is 2.38. The summed E-state index contributed by atoms with van der Waals surface area (Å²) < 4.78 is 114. The summed E-state index contributed by atoms with van der Waals surface area (Å²) in [7, 11) is 0. The number of nitriles is 2. The molecule has 0 saturated heterocycles. The second-order valence-corrected chi connectivity index (χ2v) is 6.88. The Hall–Kier alpha value is -4.65. The van der Waals surface area contributed by atoms with E-state index in [9.17, 15) is 35.1 Å². The molecule has 0 aliphatic heterocycles. The first-order valence-electron chi connectivity index (χ1n) is 8.88. The molecular weight excluding hydrogens is 474 g/mol. The number of rotatable bonds is 0. The van der Waals surface area contributed by atoms with Crippen molar-refractivity contribution >= 4 is 11.3 Å². The predicted octanol–water partition coefficient (Wildman–Crippen LogP) is 4.82. The van der Waals surface area contributed by atoms with Crippen molar-refractivity contribution in [2.45, 2.75) is 0 Å². The fourth-order valence-electron chi connectivity index (χ4n) is 3.92. The maximum atomic E-state index is 14.7. The van der Waals surface area contributed by atoms with Gasteiger partial charge in [0.1, 0.15) is 22.8 Å². The molecule has 5 nitrogen and oxygen atoms in total. The van der Waals surface area contributed by atoms with E-state index in [0.717, 1.165) is 0 Å². The molecule has 5 rings (SSSR count). The van der Waals surface area contributed by atoms with Crippen LogP contribution in [-0.4, -0.2) is 15.7 Å². The topological polar surface area (TPSA) is 85.7 Å². The van der Waals surface area contributed by atoms with Crippen LogP contribution in [0.1, 0.15) is 22.5 Å². The largest absolute Gasteiger partial charge is 0.243 e. The van der Waals surface area contributed by atoms with Crippen LogP contribution in [0.25, 0.3) is 28.1 Å². The highest BCUT2D eigenvalue weighted by Gasteiger charge is 2.43. The van der Waals surface area contributed by atoms with Gasteiger partial charge in [-0.15, -0.1) is 0 Å². The van der Waals surface area contributed by atoms with Gasteiger partial charge in [-0.25, -0.2) is 45.1 Å². The van der Waals surface area contributed by atoms with Gasteiger partial charge >= 0.3 is 0 Å². The zero-order chi connectivity index (χ0) is 24.6. The van der Waals surface area contributed by atoms with Gasteiger partial charge in [0.05, 0.1) is 28.5 Å². The number of fused-ring (bicyclic) bond motifs is 6. The lowest BCUT2D eigenvalue weighted by Gasteiger charge is -2.06. The molecule has 2 aromatic carbocycles. The van der Waals surface area contributed by atoms with Gasteiger partial charge in [-0.3, -0.25) is 0 Å². The summed E-state index contributed by atoms with van der Waals surface area (Å²) in [6, 6.07) is 1.48. The van der Waals surface area contributed by atoms with Crippen molar-refractivity contribution in [1.29, 1.82) is 10.5 Å². The Morgan fingerprint density at radius 3 is 1.53 bits per heavy atom. The maximum Gasteiger partial charge on any atom is 0.206 e. The van der Waals surface area contributed by atoms with Crippen LogP contribution in [0.4, 0.5) is 35.1 Å². The highest BCUT2D eigenvalue weighted by Crippen LogP contribution is 2.49. The molecule has 0 N–H and O–H groups in total.